The molecule has 0 aliphatic carbocycles. The van der Waals surface area contributed by atoms with E-state index in [0.717, 1.165) is 37.4 Å². The summed E-state index contributed by atoms with van der Waals surface area (Å²) >= 11 is 5.94. The number of benzene rings is 1. The Morgan fingerprint density at radius 3 is 2.75 bits per heavy atom. The Labute approximate surface area is 145 Å². The second-order valence-corrected chi connectivity index (χ2v) is 6.52. The highest BCUT2D eigenvalue weighted by molar-refractivity contribution is 6.30. The lowest BCUT2D eigenvalue weighted by Gasteiger charge is -2.28. The first-order valence-electron chi connectivity index (χ1n) is 8.13. The smallest absolute Gasteiger partial charge is 0.274 e. The summed E-state index contributed by atoms with van der Waals surface area (Å²) in [4.78, 5) is 18.9. The molecular formula is C17H19ClN4O2. The Balaban J connectivity index is 1.53. The normalized spacial score (nSPS) is 20.7. The fraction of sp³-hybridized carbons (Fsp3) is 0.412. The van der Waals surface area contributed by atoms with Crippen molar-refractivity contribution < 1.29 is 9.53 Å². The van der Waals surface area contributed by atoms with E-state index in [0.29, 0.717) is 23.9 Å². The first-order valence-corrected chi connectivity index (χ1v) is 8.51. The van der Waals surface area contributed by atoms with Crippen LogP contribution in [0.5, 0.6) is 0 Å². The van der Waals surface area contributed by atoms with Gasteiger partial charge in [0.25, 0.3) is 5.91 Å². The van der Waals surface area contributed by atoms with Crippen LogP contribution >= 0.6 is 11.6 Å². The van der Waals surface area contributed by atoms with Crippen LogP contribution in [-0.4, -0.2) is 46.5 Å². The average Bonchev–Trinajstić information content (AvgIpc) is 3.05. The van der Waals surface area contributed by atoms with E-state index >= 15 is 0 Å². The molecule has 2 aromatic rings. The van der Waals surface area contributed by atoms with Crippen LogP contribution in [0, 0.1) is 0 Å². The van der Waals surface area contributed by atoms with Crippen LogP contribution in [0.15, 0.2) is 30.6 Å². The van der Waals surface area contributed by atoms with Crippen LogP contribution in [0.4, 0.5) is 0 Å². The zero-order chi connectivity index (χ0) is 16.5. The molecule has 1 amide bonds. The molecule has 1 fully saturated rings. The molecule has 7 heteroatoms. The third-order valence-corrected chi connectivity index (χ3v) is 4.83. The average molecular weight is 347 g/mol. The molecule has 3 heterocycles. The van der Waals surface area contributed by atoms with E-state index in [1.807, 2.05) is 33.7 Å². The number of rotatable bonds is 2. The molecule has 2 aliphatic rings. The van der Waals surface area contributed by atoms with Gasteiger partial charge in [0.2, 0.25) is 0 Å². The van der Waals surface area contributed by atoms with Crippen LogP contribution in [0.1, 0.15) is 27.8 Å². The molecular weight excluding hydrogens is 328 g/mol. The molecule has 0 bridgehead atoms. The maximum Gasteiger partial charge on any atom is 0.274 e. The van der Waals surface area contributed by atoms with Gasteiger partial charge in [0, 0.05) is 31.2 Å². The van der Waals surface area contributed by atoms with Gasteiger partial charge in [-0.3, -0.25) is 4.79 Å². The van der Waals surface area contributed by atoms with E-state index in [1.54, 1.807) is 6.33 Å². The Hall–Kier alpha value is -1.89. The molecule has 126 valence electrons. The predicted octanol–water partition coefficient (Wildman–Crippen LogP) is 1.85. The summed E-state index contributed by atoms with van der Waals surface area (Å²) in [7, 11) is 0. The molecule has 1 saturated heterocycles. The summed E-state index contributed by atoms with van der Waals surface area (Å²) in [6, 6.07) is 7.68. The quantitative estimate of drug-likeness (QED) is 0.901. The van der Waals surface area contributed by atoms with E-state index in [4.69, 9.17) is 16.3 Å². The number of carbonyl (C=O) groups excluding carboxylic acids is 1. The second kappa shape index (κ2) is 6.55. The van der Waals surface area contributed by atoms with Crippen molar-refractivity contribution in [2.24, 2.45) is 0 Å². The maximum absolute atomic E-state index is 12.7. The first-order chi connectivity index (χ1) is 11.7. The topological polar surface area (TPSA) is 59.4 Å². The van der Waals surface area contributed by atoms with Crippen molar-refractivity contribution in [2.75, 3.05) is 26.2 Å². The lowest BCUT2D eigenvalue weighted by atomic mass is 10.1. The summed E-state index contributed by atoms with van der Waals surface area (Å²) in [6.45, 7) is 4.14. The van der Waals surface area contributed by atoms with Crippen LogP contribution in [-0.2, 0) is 17.9 Å². The van der Waals surface area contributed by atoms with Crippen molar-refractivity contribution in [2.45, 2.75) is 19.3 Å². The summed E-state index contributed by atoms with van der Waals surface area (Å²) in [5, 5.41) is 3.96. The maximum atomic E-state index is 12.7. The summed E-state index contributed by atoms with van der Waals surface area (Å²) in [5.41, 5.74) is 2.46. The van der Waals surface area contributed by atoms with Crippen molar-refractivity contribution >= 4 is 17.5 Å². The lowest BCUT2D eigenvalue weighted by molar-refractivity contribution is 0.00232. The predicted molar refractivity (Wildman–Crippen MR) is 90.0 cm³/mol. The molecule has 0 radical (unpaired) electrons. The molecule has 2 aliphatic heterocycles. The minimum Gasteiger partial charge on any atom is -0.365 e. The summed E-state index contributed by atoms with van der Waals surface area (Å²) in [6.07, 6.45) is 1.70. The highest BCUT2D eigenvalue weighted by atomic mass is 35.5. The van der Waals surface area contributed by atoms with Gasteiger partial charge in [0.1, 0.15) is 6.10 Å². The van der Waals surface area contributed by atoms with Crippen molar-refractivity contribution in [1.82, 2.24) is 19.8 Å². The third kappa shape index (κ3) is 2.92. The molecule has 1 aromatic heterocycles. The van der Waals surface area contributed by atoms with Gasteiger partial charge in [-0.1, -0.05) is 23.7 Å². The SMILES string of the molecule is O=C(c1ncn2c1COC(c1ccc(Cl)cc1)C2)N1CCNCC1. The molecule has 1 N–H and O–H groups in total. The monoisotopic (exact) mass is 346 g/mol. The molecule has 24 heavy (non-hydrogen) atoms. The number of halogens is 1. The van der Waals surface area contributed by atoms with Gasteiger partial charge in [-0.2, -0.15) is 0 Å². The number of hydrogen-bond acceptors (Lipinski definition) is 4. The minimum atomic E-state index is -0.0499. The van der Waals surface area contributed by atoms with Gasteiger partial charge in [0.15, 0.2) is 5.69 Å². The fourth-order valence-corrected chi connectivity index (χ4v) is 3.33. The third-order valence-electron chi connectivity index (χ3n) is 4.58. The van der Waals surface area contributed by atoms with E-state index < -0.39 is 0 Å². The highest BCUT2D eigenvalue weighted by Crippen LogP contribution is 2.28. The molecule has 1 atom stereocenters. The Bertz CT molecular complexity index is 738. The number of hydrogen-bond donors (Lipinski definition) is 1. The highest BCUT2D eigenvalue weighted by Gasteiger charge is 2.29. The first kappa shape index (κ1) is 15.6. The Morgan fingerprint density at radius 2 is 2.00 bits per heavy atom. The van der Waals surface area contributed by atoms with Crippen LogP contribution in [0.25, 0.3) is 0 Å². The molecule has 0 saturated carbocycles. The van der Waals surface area contributed by atoms with Crippen molar-refractivity contribution in [3.63, 3.8) is 0 Å². The van der Waals surface area contributed by atoms with Crippen LogP contribution < -0.4 is 5.32 Å². The molecule has 1 unspecified atom stereocenters. The summed E-state index contributed by atoms with van der Waals surface area (Å²) < 4.78 is 8.01. The molecule has 6 nitrogen and oxygen atoms in total. The Morgan fingerprint density at radius 1 is 1.25 bits per heavy atom. The number of fused-ring (bicyclic) bond motifs is 1. The zero-order valence-electron chi connectivity index (χ0n) is 13.2. The minimum absolute atomic E-state index is 0.00112. The van der Waals surface area contributed by atoms with Gasteiger partial charge in [-0.25, -0.2) is 4.98 Å². The van der Waals surface area contributed by atoms with Crippen molar-refractivity contribution in [3.05, 3.63) is 52.6 Å². The lowest BCUT2D eigenvalue weighted by Crippen LogP contribution is -2.46. The molecule has 0 spiro atoms. The van der Waals surface area contributed by atoms with Gasteiger partial charge in [-0.15, -0.1) is 0 Å². The number of piperazine rings is 1. The Kier molecular flexibility index (Phi) is 4.26. The fourth-order valence-electron chi connectivity index (χ4n) is 3.20. The van der Waals surface area contributed by atoms with Crippen LogP contribution in [0.2, 0.25) is 5.02 Å². The zero-order valence-corrected chi connectivity index (χ0v) is 14.0. The van der Waals surface area contributed by atoms with Gasteiger partial charge < -0.3 is 19.5 Å². The van der Waals surface area contributed by atoms with E-state index in [-0.39, 0.29) is 12.0 Å². The number of imidazole rings is 1. The van der Waals surface area contributed by atoms with Crippen LogP contribution in [0.3, 0.4) is 0 Å². The number of nitrogens with zero attached hydrogens (tertiary/aromatic N) is 3. The van der Waals surface area contributed by atoms with Crippen molar-refractivity contribution in [1.29, 1.82) is 0 Å². The number of nitrogens with one attached hydrogen (secondary N) is 1. The number of aromatic nitrogens is 2. The van der Waals surface area contributed by atoms with Gasteiger partial charge in [-0.05, 0) is 17.7 Å². The largest absolute Gasteiger partial charge is 0.365 e. The standard InChI is InChI=1S/C17H19ClN4O2/c18-13-3-1-12(2-4-13)15-9-22-11-20-16(14(22)10-24-15)17(23)21-7-5-19-6-8-21/h1-4,11,15,19H,5-10H2. The number of carbonyl (C=O) groups is 1. The summed E-state index contributed by atoms with van der Waals surface area (Å²) in [5.74, 6) is -0.00112. The van der Waals surface area contributed by atoms with E-state index in [2.05, 4.69) is 10.3 Å². The molecule has 4 rings (SSSR count). The van der Waals surface area contributed by atoms with E-state index in [1.165, 1.54) is 0 Å². The van der Waals surface area contributed by atoms with Gasteiger partial charge >= 0.3 is 0 Å². The van der Waals surface area contributed by atoms with E-state index in [9.17, 15) is 4.79 Å². The second-order valence-electron chi connectivity index (χ2n) is 6.09. The number of amides is 1. The van der Waals surface area contributed by atoms with Gasteiger partial charge in [0.05, 0.1) is 25.2 Å². The number of ether oxygens (including phenoxy) is 1. The van der Waals surface area contributed by atoms with Crippen molar-refractivity contribution in [3.8, 4) is 0 Å². The molecule has 1 aromatic carbocycles.